The number of anilines is 1. The van der Waals surface area contributed by atoms with E-state index < -0.39 is 0 Å². The van der Waals surface area contributed by atoms with Crippen LogP contribution >= 0.6 is 0 Å². The maximum Gasteiger partial charge on any atom is 0.221 e. The molecule has 0 atom stereocenters. The molecule has 0 aliphatic heterocycles. The predicted molar refractivity (Wildman–Crippen MR) is 56.7 cm³/mol. The lowest BCUT2D eigenvalue weighted by atomic mass is 10.2. The predicted octanol–water partition coefficient (Wildman–Crippen LogP) is 0.955. The zero-order valence-electron chi connectivity index (χ0n) is 8.00. The van der Waals surface area contributed by atoms with Crippen LogP contribution in [0.2, 0.25) is 0 Å². The van der Waals surface area contributed by atoms with E-state index in [-0.39, 0.29) is 5.91 Å². The molecule has 0 aliphatic carbocycles. The molecule has 0 spiro atoms. The molecule has 0 fully saturated rings. The van der Waals surface area contributed by atoms with Gasteiger partial charge in [0.15, 0.2) is 0 Å². The molecule has 0 aromatic heterocycles. The molecule has 14 heavy (non-hydrogen) atoms. The number of carbonyl (C=O) groups is 1. The second-order valence-electron chi connectivity index (χ2n) is 2.73. The maximum atomic E-state index is 10.9. The SMILES string of the molecule is CC(=O)Nc1ccccc1C#CCN. The summed E-state index contributed by atoms with van der Waals surface area (Å²) >= 11 is 0. The Kier molecular flexibility index (Phi) is 3.71. The third-order valence-electron chi connectivity index (χ3n) is 1.56. The van der Waals surface area contributed by atoms with Gasteiger partial charge >= 0.3 is 0 Å². The molecule has 0 bridgehead atoms. The van der Waals surface area contributed by atoms with Crippen molar-refractivity contribution in [3.05, 3.63) is 29.8 Å². The van der Waals surface area contributed by atoms with E-state index >= 15 is 0 Å². The standard InChI is InChI=1S/C11H12N2O/c1-9(14)13-11-7-3-2-5-10(11)6-4-8-12/h2-3,5,7H,8,12H2,1H3,(H,13,14). The monoisotopic (exact) mass is 188 g/mol. The molecule has 3 heteroatoms. The molecule has 1 rings (SSSR count). The van der Waals surface area contributed by atoms with Crippen molar-refractivity contribution in [1.82, 2.24) is 0 Å². The smallest absolute Gasteiger partial charge is 0.221 e. The molecule has 0 aliphatic rings. The quantitative estimate of drug-likeness (QED) is 0.645. The van der Waals surface area contributed by atoms with Crippen LogP contribution in [0.1, 0.15) is 12.5 Å². The summed E-state index contributed by atoms with van der Waals surface area (Å²) in [6.07, 6.45) is 0. The van der Waals surface area contributed by atoms with E-state index in [1.807, 2.05) is 24.3 Å². The van der Waals surface area contributed by atoms with Crippen LogP contribution in [0.15, 0.2) is 24.3 Å². The second kappa shape index (κ2) is 5.05. The van der Waals surface area contributed by atoms with Crippen LogP contribution in [0, 0.1) is 11.8 Å². The number of rotatable bonds is 1. The minimum Gasteiger partial charge on any atom is -0.325 e. The number of para-hydroxylation sites is 1. The van der Waals surface area contributed by atoms with Crippen LogP contribution in [-0.2, 0) is 4.79 Å². The Labute approximate surface area is 83.3 Å². The minimum atomic E-state index is -0.105. The zero-order valence-corrected chi connectivity index (χ0v) is 8.00. The third kappa shape index (κ3) is 2.92. The highest BCUT2D eigenvalue weighted by Gasteiger charge is 1.99. The average Bonchev–Trinajstić information content (AvgIpc) is 2.16. The zero-order chi connectivity index (χ0) is 10.4. The Hall–Kier alpha value is -1.79. The van der Waals surface area contributed by atoms with Crippen molar-refractivity contribution in [2.24, 2.45) is 5.73 Å². The highest BCUT2D eigenvalue weighted by atomic mass is 16.1. The van der Waals surface area contributed by atoms with Crippen LogP contribution in [0.3, 0.4) is 0 Å². The number of hydrogen-bond acceptors (Lipinski definition) is 2. The van der Waals surface area contributed by atoms with Gasteiger partial charge in [-0.25, -0.2) is 0 Å². The fourth-order valence-electron chi connectivity index (χ4n) is 1.04. The fraction of sp³-hybridized carbons (Fsp3) is 0.182. The van der Waals surface area contributed by atoms with Gasteiger partial charge in [-0.05, 0) is 12.1 Å². The van der Waals surface area contributed by atoms with Gasteiger partial charge in [0.2, 0.25) is 5.91 Å². The first-order valence-electron chi connectivity index (χ1n) is 4.29. The minimum absolute atomic E-state index is 0.105. The average molecular weight is 188 g/mol. The number of amides is 1. The summed E-state index contributed by atoms with van der Waals surface area (Å²) in [4.78, 5) is 10.9. The van der Waals surface area contributed by atoms with Crippen LogP contribution < -0.4 is 11.1 Å². The summed E-state index contributed by atoms with van der Waals surface area (Å²) in [5.41, 5.74) is 6.78. The molecule has 0 unspecified atom stereocenters. The summed E-state index contributed by atoms with van der Waals surface area (Å²) in [7, 11) is 0. The third-order valence-corrected chi connectivity index (χ3v) is 1.56. The summed E-state index contributed by atoms with van der Waals surface area (Å²) in [6.45, 7) is 1.78. The molecule has 0 radical (unpaired) electrons. The van der Waals surface area contributed by atoms with E-state index in [4.69, 9.17) is 5.73 Å². The van der Waals surface area contributed by atoms with Crippen molar-refractivity contribution in [3.8, 4) is 11.8 Å². The lowest BCUT2D eigenvalue weighted by molar-refractivity contribution is -0.114. The fourth-order valence-corrected chi connectivity index (χ4v) is 1.04. The van der Waals surface area contributed by atoms with E-state index in [1.54, 1.807) is 0 Å². The van der Waals surface area contributed by atoms with Gasteiger partial charge in [-0.15, -0.1) is 0 Å². The molecule has 3 nitrogen and oxygen atoms in total. The molecular formula is C11H12N2O. The molecule has 0 saturated carbocycles. The van der Waals surface area contributed by atoms with Crippen LogP contribution in [-0.4, -0.2) is 12.5 Å². The van der Waals surface area contributed by atoms with E-state index in [0.29, 0.717) is 6.54 Å². The summed E-state index contributed by atoms with van der Waals surface area (Å²) in [6, 6.07) is 7.36. The Balaban J connectivity index is 2.96. The van der Waals surface area contributed by atoms with E-state index in [0.717, 1.165) is 11.3 Å². The molecule has 3 N–H and O–H groups in total. The summed E-state index contributed by atoms with van der Waals surface area (Å²) < 4.78 is 0. The second-order valence-corrected chi connectivity index (χ2v) is 2.73. The Morgan fingerprint density at radius 1 is 1.50 bits per heavy atom. The molecule has 1 aromatic carbocycles. The number of hydrogen-bond donors (Lipinski definition) is 2. The Morgan fingerprint density at radius 2 is 2.21 bits per heavy atom. The first kappa shape index (κ1) is 10.3. The largest absolute Gasteiger partial charge is 0.325 e. The normalized spacial score (nSPS) is 8.71. The lowest BCUT2D eigenvalue weighted by Crippen LogP contribution is -2.07. The van der Waals surface area contributed by atoms with Gasteiger partial charge in [0.1, 0.15) is 0 Å². The highest BCUT2D eigenvalue weighted by molar-refractivity contribution is 5.90. The van der Waals surface area contributed by atoms with Crippen molar-refractivity contribution < 1.29 is 4.79 Å². The van der Waals surface area contributed by atoms with Crippen LogP contribution in [0.4, 0.5) is 5.69 Å². The van der Waals surface area contributed by atoms with E-state index in [1.165, 1.54) is 6.92 Å². The first-order chi connectivity index (χ1) is 6.74. The number of nitrogens with one attached hydrogen (secondary N) is 1. The molecule has 72 valence electrons. The van der Waals surface area contributed by atoms with E-state index in [9.17, 15) is 4.79 Å². The molecule has 0 heterocycles. The van der Waals surface area contributed by atoms with Crippen molar-refractivity contribution in [1.29, 1.82) is 0 Å². The Bertz CT molecular complexity index is 388. The van der Waals surface area contributed by atoms with Gasteiger partial charge in [-0.3, -0.25) is 4.79 Å². The summed E-state index contributed by atoms with van der Waals surface area (Å²) in [5, 5.41) is 2.70. The molecule has 1 aromatic rings. The molecule has 0 saturated heterocycles. The lowest BCUT2D eigenvalue weighted by Gasteiger charge is -2.03. The van der Waals surface area contributed by atoms with Gasteiger partial charge < -0.3 is 11.1 Å². The molecular weight excluding hydrogens is 176 g/mol. The Morgan fingerprint density at radius 3 is 2.86 bits per heavy atom. The number of nitrogens with two attached hydrogens (primary N) is 1. The van der Waals surface area contributed by atoms with Gasteiger partial charge in [0.05, 0.1) is 12.2 Å². The van der Waals surface area contributed by atoms with Gasteiger partial charge in [-0.1, -0.05) is 24.0 Å². The van der Waals surface area contributed by atoms with Crippen molar-refractivity contribution in [2.75, 3.05) is 11.9 Å². The first-order valence-corrected chi connectivity index (χ1v) is 4.29. The van der Waals surface area contributed by atoms with Crippen molar-refractivity contribution in [3.63, 3.8) is 0 Å². The van der Waals surface area contributed by atoms with Gasteiger partial charge in [-0.2, -0.15) is 0 Å². The van der Waals surface area contributed by atoms with Gasteiger partial charge in [0.25, 0.3) is 0 Å². The number of benzene rings is 1. The van der Waals surface area contributed by atoms with Crippen LogP contribution in [0.25, 0.3) is 0 Å². The number of carbonyl (C=O) groups excluding carboxylic acids is 1. The van der Waals surface area contributed by atoms with Crippen molar-refractivity contribution >= 4 is 11.6 Å². The topological polar surface area (TPSA) is 55.1 Å². The molecule has 1 amide bonds. The van der Waals surface area contributed by atoms with E-state index in [2.05, 4.69) is 17.2 Å². The van der Waals surface area contributed by atoms with Gasteiger partial charge in [0, 0.05) is 12.5 Å². The maximum absolute atomic E-state index is 10.9. The van der Waals surface area contributed by atoms with Crippen LogP contribution in [0.5, 0.6) is 0 Å². The summed E-state index contributed by atoms with van der Waals surface area (Å²) in [5.74, 6) is 5.53. The van der Waals surface area contributed by atoms with Crippen molar-refractivity contribution in [2.45, 2.75) is 6.92 Å². The highest BCUT2D eigenvalue weighted by Crippen LogP contribution is 2.12.